The Morgan fingerprint density at radius 1 is 0.640 bits per heavy atom. The van der Waals surface area contributed by atoms with Gasteiger partial charge < -0.3 is 6.42 Å². The van der Waals surface area contributed by atoms with Crippen molar-refractivity contribution in [2.24, 2.45) is 0 Å². The fourth-order valence-electron chi connectivity index (χ4n) is 1.69. The summed E-state index contributed by atoms with van der Waals surface area (Å²) in [5.41, 5.74) is 3.05. The second kappa shape index (κ2) is 17.7. The summed E-state index contributed by atoms with van der Waals surface area (Å²) in [5.74, 6) is 16.8. The summed E-state index contributed by atoms with van der Waals surface area (Å²) in [5, 5.41) is 0. The van der Waals surface area contributed by atoms with E-state index >= 15 is 0 Å². The molecule has 0 heterocycles. The molecule has 0 N–H and O–H groups in total. The minimum absolute atomic E-state index is 0. The zero-order chi connectivity index (χ0) is 19.9. The van der Waals surface area contributed by atoms with Crippen molar-refractivity contribution in [2.75, 3.05) is 0 Å². The van der Waals surface area contributed by atoms with Crippen LogP contribution in [0.5, 0.6) is 0 Å². The van der Waals surface area contributed by atoms with Crippen molar-refractivity contribution in [1.29, 1.82) is 0 Å². The molecule has 1 fully saturated rings. The van der Waals surface area contributed by atoms with E-state index in [1.54, 1.807) is 0 Å². The van der Waals surface area contributed by atoms with E-state index in [1.165, 1.54) is 29.6 Å². The van der Waals surface area contributed by atoms with Gasteiger partial charge in [0.15, 0.2) is 0 Å². The van der Waals surface area contributed by atoms with Crippen LogP contribution in [0.25, 0.3) is 0 Å². The average Bonchev–Trinajstić information content (AvgIpc) is 2.73. The van der Waals surface area contributed by atoms with Gasteiger partial charge in [-0.3, -0.25) is 5.92 Å². The Labute approximate surface area is 167 Å². The molecule has 0 aromatic carbocycles. The zero-order valence-electron chi connectivity index (χ0n) is 16.2. The second-order valence-electron chi connectivity index (χ2n) is 6.00. The third-order valence-electron chi connectivity index (χ3n) is 3.44. The van der Waals surface area contributed by atoms with Gasteiger partial charge in [0.05, 0.1) is 0 Å². The molecule has 0 unspecified atom stereocenters. The Kier molecular flexibility index (Phi) is 22.4. The molecule has 0 spiro atoms. The predicted octanol–water partition coefficient (Wildman–Crippen LogP) is 4.35. The van der Waals surface area contributed by atoms with E-state index < -0.39 is 8.07 Å². The Bertz CT molecular complexity index is 493. The Balaban J connectivity index is -0.000000142. The molecule has 4 heteroatoms. The van der Waals surface area contributed by atoms with Crippen molar-refractivity contribution in [1.82, 2.24) is 0 Å². The topological polar surface area (TPSA) is 39.8 Å². The van der Waals surface area contributed by atoms with Gasteiger partial charge in [0, 0.05) is 0 Å². The number of hydrogen-bond donors (Lipinski definition) is 0. The minimum Gasteiger partial charge on any atom is 2.00 e. The summed E-state index contributed by atoms with van der Waals surface area (Å²) in [4.78, 5) is 0. The third kappa shape index (κ3) is 14.9. The first-order valence-corrected chi connectivity index (χ1v) is 10.7. The van der Waals surface area contributed by atoms with Gasteiger partial charge in [-0.05, 0) is 35.5 Å². The first-order chi connectivity index (χ1) is 11.1. The van der Waals surface area contributed by atoms with Crippen molar-refractivity contribution in [2.45, 2.75) is 54.3 Å². The molecule has 0 aromatic heterocycles. The van der Waals surface area contributed by atoms with Gasteiger partial charge in [-0.2, -0.15) is 0 Å². The normalized spacial score (nSPS) is 14.7. The molecule has 0 bridgehead atoms. The van der Waals surface area contributed by atoms with Crippen molar-refractivity contribution >= 4 is 8.07 Å². The first kappa shape index (κ1) is 31.6. The van der Waals surface area contributed by atoms with Crippen molar-refractivity contribution < 1.29 is 26.4 Å². The molecule has 1 aliphatic carbocycles. The van der Waals surface area contributed by atoms with E-state index in [-0.39, 0.29) is 17.1 Å². The van der Waals surface area contributed by atoms with E-state index in [2.05, 4.69) is 90.9 Å². The van der Waals surface area contributed by atoms with Crippen LogP contribution in [-0.2, 0) is 26.4 Å². The molecule has 0 atom stereocenters. The molecule has 1 aliphatic rings. The third-order valence-corrected chi connectivity index (χ3v) is 4.31. The molecular weight excluding hydrogens is 368 g/mol. The molecule has 0 aromatic rings. The average molecular weight is 392 g/mol. The van der Waals surface area contributed by atoms with E-state index in [0.29, 0.717) is 0 Å². The fourth-order valence-corrected chi connectivity index (χ4v) is 2.12. The molecule has 0 saturated heterocycles. The van der Waals surface area contributed by atoms with E-state index in [0.717, 1.165) is 0 Å². The smallest absolute Gasteiger partial charge is 2.00 e. The summed E-state index contributed by atoms with van der Waals surface area (Å²) in [6.07, 6.45) is 6.46. The summed E-state index contributed by atoms with van der Waals surface area (Å²) in [6, 6.07) is 0. The zero-order valence-corrected chi connectivity index (χ0v) is 18.3. The maximum Gasteiger partial charge on any atom is 2.00 e. The van der Waals surface area contributed by atoms with Gasteiger partial charge in [-0.15, -0.1) is 11.5 Å². The quantitative estimate of drug-likeness (QED) is 0.255. The molecule has 2 nitrogen and oxygen atoms in total. The standard InChI is InChI=1S/C10H15.C9H9Si.2CO.Fe/c1-6-7(2)9(4)10(5)8(6)3;1-5-6-7-8-9-10(2,3)4;2*1-2;/h1-5H3;2-4H3;;;/q;-1;;;+2. The molecule has 0 aliphatic heterocycles. The second-order valence-corrected chi connectivity index (χ2v) is 10.8. The molecule has 1 saturated carbocycles. The van der Waals surface area contributed by atoms with E-state index in [4.69, 9.17) is 15.7 Å². The van der Waals surface area contributed by atoms with Gasteiger partial charge in [-0.25, -0.2) is 5.92 Å². The van der Waals surface area contributed by atoms with Gasteiger partial charge >= 0.3 is 39.7 Å². The molecule has 1 rings (SSSR count). The summed E-state index contributed by atoms with van der Waals surface area (Å²) < 4.78 is 15.0. The largest absolute Gasteiger partial charge is 2.00 e. The van der Waals surface area contributed by atoms with Crippen LogP contribution in [0.1, 0.15) is 34.6 Å². The van der Waals surface area contributed by atoms with E-state index in [1.807, 2.05) is 5.92 Å². The van der Waals surface area contributed by atoms with Gasteiger partial charge in [-0.1, -0.05) is 54.3 Å². The fraction of sp³-hybridized carbons (Fsp3) is 0.381. The van der Waals surface area contributed by atoms with Gasteiger partial charge in [0.2, 0.25) is 0 Å². The van der Waals surface area contributed by atoms with Gasteiger partial charge in [0.25, 0.3) is 0 Å². The van der Waals surface area contributed by atoms with Crippen LogP contribution in [0.15, 0.2) is 0 Å². The molecule has 131 valence electrons. The summed E-state index contributed by atoms with van der Waals surface area (Å²) in [6.45, 7) is 26.4. The Morgan fingerprint density at radius 2 is 0.920 bits per heavy atom. The van der Waals surface area contributed by atoms with E-state index in [9.17, 15) is 0 Å². The first-order valence-electron chi connectivity index (χ1n) is 7.16. The minimum atomic E-state index is -1.26. The molecule has 0 amide bonds. The summed E-state index contributed by atoms with van der Waals surface area (Å²) >= 11 is 0. The summed E-state index contributed by atoms with van der Waals surface area (Å²) in [7, 11) is -1.26. The van der Waals surface area contributed by atoms with Crippen molar-refractivity contribution in [3.63, 3.8) is 0 Å². The van der Waals surface area contributed by atoms with Crippen LogP contribution in [-0.4, -0.2) is 8.07 Å². The number of rotatable bonds is 0. The van der Waals surface area contributed by atoms with Gasteiger partial charge in [0.1, 0.15) is 8.07 Å². The van der Waals surface area contributed by atoms with Crippen molar-refractivity contribution in [3.05, 3.63) is 49.3 Å². The van der Waals surface area contributed by atoms with Crippen LogP contribution in [0, 0.1) is 78.5 Å². The maximum atomic E-state index is 7.50. The van der Waals surface area contributed by atoms with Crippen LogP contribution in [0.4, 0.5) is 0 Å². The maximum absolute atomic E-state index is 7.50. The molecule has 25 heavy (non-hydrogen) atoms. The van der Waals surface area contributed by atoms with Crippen LogP contribution >= 0.6 is 0 Å². The Morgan fingerprint density at radius 3 is 1.12 bits per heavy atom. The Hall–Kier alpha value is -1.10. The molecule has 5 radical (unpaired) electrons. The number of hydrogen-bond acceptors (Lipinski definition) is 0. The van der Waals surface area contributed by atoms with Crippen LogP contribution < -0.4 is 0 Å². The predicted molar refractivity (Wildman–Crippen MR) is 98.5 cm³/mol. The SMILES string of the molecule is C[C]1[C](C)[C](C)[C](C)[C]1C.[C-]#CC#CC#C[Si](C)(C)C.[C-]#[O+].[C-]#[O+].[Fe+2]. The van der Waals surface area contributed by atoms with Crippen LogP contribution in [0.2, 0.25) is 19.6 Å². The van der Waals surface area contributed by atoms with Crippen molar-refractivity contribution in [3.8, 4) is 29.2 Å². The monoisotopic (exact) mass is 392 g/mol. The van der Waals surface area contributed by atoms with Crippen LogP contribution in [0.3, 0.4) is 0 Å². The molecular formula is C21H24FeO2Si+.